The molecule has 0 aliphatic carbocycles. The zero-order valence-electron chi connectivity index (χ0n) is 9.98. The van der Waals surface area contributed by atoms with E-state index in [9.17, 15) is 4.79 Å². The van der Waals surface area contributed by atoms with Crippen molar-refractivity contribution in [2.75, 3.05) is 7.11 Å². The number of esters is 1. The van der Waals surface area contributed by atoms with Crippen LogP contribution in [0.3, 0.4) is 0 Å². The predicted octanol–water partition coefficient (Wildman–Crippen LogP) is 2.60. The first-order valence-electron chi connectivity index (χ1n) is 5.75. The first-order chi connectivity index (χ1) is 7.77. The molecule has 1 aromatic heterocycles. The molecule has 1 rings (SSSR count). The summed E-state index contributed by atoms with van der Waals surface area (Å²) in [7, 11) is 1.44. The van der Waals surface area contributed by atoms with E-state index in [1.807, 2.05) is 18.2 Å². The van der Waals surface area contributed by atoms with Crippen LogP contribution in [0.2, 0.25) is 0 Å². The monoisotopic (exact) mass is 221 g/mol. The number of carbonyl (C=O) groups is 1. The summed E-state index contributed by atoms with van der Waals surface area (Å²) in [6.07, 6.45) is 5.44. The lowest BCUT2D eigenvalue weighted by atomic mass is 9.96. The fraction of sp³-hybridized carbons (Fsp3) is 0.538. The number of carbonyl (C=O) groups excluding carboxylic acids is 1. The molecule has 1 aromatic rings. The SMILES string of the molecule is CCCCC(Cc1ccccn1)C(=O)OC. The van der Waals surface area contributed by atoms with Gasteiger partial charge >= 0.3 is 5.97 Å². The zero-order chi connectivity index (χ0) is 11.8. The highest BCUT2D eigenvalue weighted by Gasteiger charge is 2.19. The van der Waals surface area contributed by atoms with Gasteiger partial charge in [0.2, 0.25) is 0 Å². The molecule has 0 amide bonds. The van der Waals surface area contributed by atoms with Crippen molar-refractivity contribution in [3.05, 3.63) is 30.1 Å². The zero-order valence-corrected chi connectivity index (χ0v) is 9.98. The predicted molar refractivity (Wildman–Crippen MR) is 63.0 cm³/mol. The summed E-state index contributed by atoms with van der Waals surface area (Å²) in [5, 5.41) is 0. The number of rotatable bonds is 6. The summed E-state index contributed by atoms with van der Waals surface area (Å²) in [4.78, 5) is 15.8. The van der Waals surface area contributed by atoms with E-state index in [1.165, 1.54) is 7.11 Å². The Hall–Kier alpha value is -1.38. The Morgan fingerprint density at radius 3 is 2.88 bits per heavy atom. The van der Waals surface area contributed by atoms with Crippen LogP contribution < -0.4 is 0 Å². The standard InChI is InChI=1S/C13H19NO2/c1-3-4-7-11(13(15)16-2)10-12-8-5-6-9-14-12/h5-6,8-9,11H,3-4,7,10H2,1-2H3. The first kappa shape index (κ1) is 12.7. The van der Waals surface area contributed by atoms with E-state index < -0.39 is 0 Å². The largest absolute Gasteiger partial charge is 0.469 e. The van der Waals surface area contributed by atoms with Crippen LogP contribution in [0.1, 0.15) is 31.9 Å². The van der Waals surface area contributed by atoms with Gasteiger partial charge in [-0.2, -0.15) is 0 Å². The van der Waals surface area contributed by atoms with E-state index in [-0.39, 0.29) is 11.9 Å². The van der Waals surface area contributed by atoms with Crippen molar-refractivity contribution in [1.82, 2.24) is 4.98 Å². The molecule has 0 spiro atoms. The van der Waals surface area contributed by atoms with Crippen molar-refractivity contribution in [3.63, 3.8) is 0 Å². The molecule has 0 saturated heterocycles. The molecule has 1 unspecified atom stereocenters. The molecule has 88 valence electrons. The molecule has 1 heterocycles. The normalized spacial score (nSPS) is 12.1. The van der Waals surface area contributed by atoms with Gasteiger partial charge in [0.25, 0.3) is 0 Å². The second-order valence-corrected chi connectivity index (χ2v) is 3.89. The van der Waals surface area contributed by atoms with Crippen molar-refractivity contribution in [2.45, 2.75) is 32.6 Å². The lowest BCUT2D eigenvalue weighted by Crippen LogP contribution is -2.19. The molecule has 3 nitrogen and oxygen atoms in total. The van der Waals surface area contributed by atoms with Gasteiger partial charge in [-0.3, -0.25) is 9.78 Å². The fourth-order valence-electron chi connectivity index (χ4n) is 1.69. The number of pyridine rings is 1. The van der Waals surface area contributed by atoms with Crippen LogP contribution in [0.5, 0.6) is 0 Å². The number of hydrogen-bond donors (Lipinski definition) is 0. The molecule has 16 heavy (non-hydrogen) atoms. The summed E-state index contributed by atoms with van der Waals surface area (Å²) in [6, 6.07) is 5.76. The van der Waals surface area contributed by atoms with Gasteiger partial charge in [0.1, 0.15) is 0 Å². The molecule has 0 fully saturated rings. The average Bonchev–Trinajstić information content (AvgIpc) is 2.34. The van der Waals surface area contributed by atoms with Gasteiger partial charge in [0.15, 0.2) is 0 Å². The minimum Gasteiger partial charge on any atom is -0.469 e. The highest BCUT2D eigenvalue weighted by Crippen LogP contribution is 2.15. The summed E-state index contributed by atoms with van der Waals surface area (Å²) < 4.78 is 4.81. The minimum absolute atomic E-state index is 0.0557. The van der Waals surface area contributed by atoms with Crippen LogP contribution in [-0.2, 0) is 16.0 Å². The topological polar surface area (TPSA) is 39.2 Å². The van der Waals surface area contributed by atoms with Crippen molar-refractivity contribution in [2.24, 2.45) is 5.92 Å². The van der Waals surface area contributed by atoms with E-state index in [2.05, 4.69) is 11.9 Å². The van der Waals surface area contributed by atoms with E-state index in [0.29, 0.717) is 6.42 Å². The maximum atomic E-state index is 11.6. The Morgan fingerprint density at radius 1 is 1.50 bits per heavy atom. The highest BCUT2D eigenvalue weighted by atomic mass is 16.5. The maximum Gasteiger partial charge on any atom is 0.309 e. The average molecular weight is 221 g/mol. The van der Waals surface area contributed by atoms with E-state index in [4.69, 9.17) is 4.74 Å². The smallest absolute Gasteiger partial charge is 0.309 e. The number of aromatic nitrogens is 1. The molecule has 0 bridgehead atoms. The summed E-state index contributed by atoms with van der Waals surface area (Å²) >= 11 is 0. The lowest BCUT2D eigenvalue weighted by Gasteiger charge is -2.13. The second kappa shape index (κ2) is 6.99. The van der Waals surface area contributed by atoms with E-state index in [1.54, 1.807) is 6.20 Å². The molecule has 1 atom stereocenters. The Balaban J connectivity index is 2.59. The van der Waals surface area contributed by atoms with Gasteiger partial charge in [-0.15, -0.1) is 0 Å². The third-order valence-electron chi connectivity index (χ3n) is 2.62. The number of methoxy groups -OCH3 is 1. The lowest BCUT2D eigenvalue weighted by molar-refractivity contribution is -0.145. The van der Waals surface area contributed by atoms with Crippen molar-refractivity contribution in [1.29, 1.82) is 0 Å². The van der Waals surface area contributed by atoms with Crippen LogP contribution >= 0.6 is 0 Å². The van der Waals surface area contributed by atoms with Gasteiger partial charge < -0.3 is 4.74 Å². The van der Waals surface area contributed by atoms with Crippen LogP contribution in [0.4, 0.5) is 0 Å². The van der Waals surface area contributed by atoms with Crippen LogP contribution in [-0.4, -0.2) is 18.1 Å². The molecule has 0 aliphatic heterocycles. The fourth-order valence-corrected chi connectivity index (χ4v) is 1.69. The second-order valence-electron chi connectivity index (χ2n) is 3.89. The summed E-state index contributed by atoms with van der Waals surface area (Å²) in [6.45, 7) is 2.12. The molecule has 3 heteroatoms. The van der Waals surface area contributed by atoms with E-state index in [0.717, 1.165) is 25.0 Å². The van der Waals surface area contributed by atoms with Crippen molar-refractivity contribution < 1.29 is 9.53 Å². The third kappa shape index (κ3) is 4.01. The van der Waals surface area contributed by atoms with Crippen LogP contribution in [0.15, 0.2) is 24.4 Å². The maximum absolute atomic E-state index is 11.6. The number of ether oxygens (including phenoxy) is 1. The Morgan fingerprint density at radius 2 is 2.31 bits per heavy atom. The Kier molecular flexibility index (Phi) is 5.54. The van der Waals surface area contributed by atoms with E-state index >= 15 is 0 Å². The molecule has 0 saturated carbocycles. The third-order valence-corrected chi connectivity index (χ3v) is 2.62. The molecule has 0 aliphatic rings. The first-order valence-corrected chi connectivity index (χ1v) is 5.75. The summed E-state index contributed by atoms with van der Waals surface area (Å²) in [5.74, 6) is -0.182. The Labute approximate surface area is 96.8 Å². The molecule has 0 aromatic carbocycles. The number of hydrogen-bond acceptors (Lipinski definition) is 3. The van der Waals surface area contributed by atoms with Gasteiger partial charge in [-0.25, -0.2) is 0 Å². The summed E-state index contributed by atoms with van der Waals surface area (Å²) in [5.41, 5.74) is 0.953. The highest BCUT2D eigenvalue weighted by molar-refractivity contribution is 5.72. The molecular formula is C13H19NO2. The van der Waals surface area contributed by atoms with Crippen LogP contribution in [0, 0.1) is 5.92 Å². The van der Waals surface area contributed by atoms with Gasteiger partial charge in [0, 0.05) is 18.3 Å². The minimum atomic E-state index is -0.126. The van der Waals surface area contributed by atoms with Gasteiger partial charge in [-0.1, -0.05) is 25.8 Å². The molecule has 0 N–H and O–H groups in total. The molecule has 0 radical (unpaired) electrons. The molecular weight excluding hydrogens is 202 g/mol. The van der Waals surface area contributed by atoms with Gasteiger partial charge in [0.05, 0.1) is 13.0 Å². The van der Waals surface area contributed by atoms with Gasteiger partial charge in [-0.05, 0) is 18.6 Å². The quantitative estimate of drug-likeness (QED) is 0.693. The van der Waals surface area contributed by atoms with Crippen molar-refractivity contribution >= 4 is 5.97 Å². The van der Waals surface area contributed by atoms with Crippen LogP contribution in [0.25, 0.3) is 0 Å². The van der Waals surface area contributed by atoms with Crippen molar-refractivity contribution in [3.8, 4) is 0 Å². The number of nitrogens with zero attached hydrogens (tertiary/aromatic N) is 1. The number of unbranched alkanes of at least 4 members (excludes halogenated alkanes) is 1. The Bertz CT molecular complexity index is 311.